The normalized spacial score (nSPS) is 12.2. The van der Waals surface area contributed by atoms with Gasteiger partial charge >= 0.3 is 0 Å². The molecule has 0 saturated heterocycles. The molecule has 0 fully saturated rings. The number of aryl methyl sites for hydroxylation is 1. The van der Waals surface area contributed by atoms with Gasteiger partial charge in [-0.3, -0.25) is 4.79 Å². The number of nitrogens with two attached hydrogens (primary N) is 1. The van der Waals surface area contributed by atoms with Crippen LogP contribution in [0.3, 0.4) is 0 Å². The molecule has 0 amide bonds. The van der Waals surface area contributed by atoms with Gasteiger partial charge in [0.15, 0.2) is 5.78 Å². The van der Waals surface area contributed by atoms with Gasteiger partial charge in [-0.05, 0) is 37.1 Å². The molecule has 0 radical (unpaired) electrons. The Kier molecular flexibility index (Phi) is 4.50. The van der Waals surface area contributed by atoms with Crippen molar-refractivity contribution in [3.63, 3.8) is 0 Å². The number of carbonyl (C=O) groups is 1. The van der Waals surface area contributed by atoms with Crippen LogP contribution in [0, 0.1) is 12.8 Å². The van der Waals surface area contributed by atoms with Gasteiger partial charge in [0.25, 0.3) is 0 Å². The number of Topliss-reactive ketones (excluding diaryl/α,β-unsaturated/α-hetero) is 1. The molecular weight excluding hydrogens is 202 g/mol. The van der Waals surface area contributed by atoms with E-state index < -0.39 is 0 Å². The van der Waals surface area contributed by atoms with Gasteiger partial charge in [-0.15, -0.1) is 0 Å². The molecule has 1 rings (SSSR count). The Labute approximate surface area is 96.6 Å². The van der Waals surface area contributed by atoms with Crippen LogP contribution in [0.5, 0.6) is 5.75 Å². The zero-order chi connectivity index (χ0) is 12.1. The quantitative estimate of drug-likeness (QED) is 0.775. The third-order valence-electron chi connectivity index (χ3n) is 2.85. The maximum atomic E-state index is 12.1. The van der Waals surface area contributed by atoms with Crippen molar-refractivity contribution in [2.75, 3.05) is 13.7 Å². The molecule has 16 heavy (non-hydrogen) atoms. The van der Waals surface area contributed by atoms with Gasteiger partial charge in [0.05, 0.1) is 7.11 Å². The molecule has 0 bridgehead atoms. The van der Waals surface area contributed by atoms with Crippen LogP contribution < -0.4 is 10.5 Å². The molecule has 3 nitrogen and oxygen atoms in total. The number of methoxy groups -OCH3 is 1. The summed E-state index contributed by atoms with van der Waals surface area (Å²) in [6, 6.07) is 5.49. The van der Waals surface area contributed by atoms with Gasteiger partial charge in [-0.1, -0.05) is 6.92 Å². The molecule has 1 atom stereocenters. The monoisotopic (exact) mass is 221 g/mol. The average Bonchev–Trinajstić information content (AvgIpc) is 2.30. The zero-order valence-corrected chi connectivity index (χ0v) is 10.1. The minimum absolute atomic E-state index is 0.0768. The van der Waals surface area contributed by atoms with E-state index in [0.717, 1.165) is 23.3 Å². The first-order chi connectivity index (χ1) is 7.63. The summed E-state index contributed by atoms with van der Waals surface area (Å²) in [7, 11) is 1.62. The fourth-order valence-electron chi connectivity index (χ4n) is 1.72. The topological polar surface area (TPSA) is 52.3 Å². The second kappa shape index (κ2) is 5.66. The number of ketones is 1. The van der Waals surface area contributed by atoms with E-state index in [2.05, 4.69) is 0 Å². The van der Waals surface area contributed by atoms with Crippen molar-refractivity contribution in [2.24, 2.45) is 11.7 Å². The van der Waals surface area contributed by atoms with Crippen molar-refractivity contribution < 1.29 is 9.53 Å². The molecule has 1 aromatic carbocycles. The number of carbonyl (C=O) groups excluding carboxylic acids is 1. The van der Waals surface area contributed by atoms with Crippen LogP contribution in [-0.2, 0) is 0 Å². The third kappa shape index (κ3) is 2.61. The van der Waals surface area contributed by atoms with Crippen LogP contribution in [0.2, 0.25) is 0 Å². The molecule has 0 aromatic heterocycles. The summed E-state index contributed by atoms with van der Waals surface area (Å²) < 4.78 is 5.11. The molecule has 0 aliphatic rings. The fourth-order valence-corrected chi connectivity index (χ4v) is 1.72. The highest BCUT2D eigenvalue weighted by molar-refractivity contribution is 5.99. The second-order valence-corrected chi connectivity index (χ2v) is 3.89. The number of rotatable bonds is 5. The molecule has 3 heteroatoms. The van der Waals surface area contributed by atoms with Crippen molar-refractivity contribution in [1.82, 2.24) is 0 Å². The van der Waals surface area contributed by atoms with Crippen LogP contribution in [0.15, 0.2) is 18.2 Å². The predicted octanol–water partition coefficient (Wildman–Crippen LogP) is 2.17. The minimum atomic E-state index is -0.0768. The van der Waals surface area contributed by atoms with Crippen LogP contribution in [-0.4, -0.2) is 19.4 Å². The Morgan fingerprint density at radius 2 is 2.19 bits per heavy atom. The Bertz CT molecular complexity index is 370. The Hall–Kier alpha value is -1.35. The molecule has 0 heterocycles. The van der Waals surface area contributed by atoms with Gasteiger partial charge in [0.1, 0.15) is 5.75 Å². The second-order valence-electron chi connectivity index (χ2n) is 3.89. The lowest BCUT2D eigenvalue weighted by molar-refractivity contribution is 0.0920. The van der Waals surface area contributed by atoms with Crippen molar-refractivity contribution >= 4 is 5.78 Å². The average molecular weight is 221 g/mol. The van der Waals surface area contributed by atoms with Gasteiger partial charge in [0.2, 0.25) is 0 Å². The lowest BCUT2D eigenvalue weighted by Crippen LogP contribution is -2.23. The summed E-state index contributed by atoms with van der Waals surface area (Å²) in [5.74, 6) is 0.826. The molecule has 0 aliphatic carbocycles. The SMILES string of the molecule is CCC(CN)C(=O)c1ccc(OC)cc1C. The third-order valence-corrected chi connectivity index (χ3v) is 2.85. The molecule has 2 N–H and O–H groups in total. The van der Waals surface area contributed by atoms with Crippen molar-refractivity contribution in [1.29, 1.82) is 0 Å². The van der Waals surface area contributed by atoms with E-state index in [4.69, 9.17) is 10.5 Å². The van der Waals surface area contributed by atoms with Crippen molar-refractivity contribution in [3.05, 3.63) is 29.3 Å². The molecule has 1 unspecified atom stereocenters. The molecule has 1 aromatic rings. The van der Waals surface area contributed by atoms with E-state index in [1.165, 1.54) is 0 Å². The minimum Gasteiger partial charge on any atom is -0.497 e. The van der Waals surface area contributed by atoms with E-state index in [1.54, 1.807) is 7.11 Å². The van der Waals surface area contributed by atoms with E-state index in [-0.39, 0.29) is 11.7 Å². The summed E-state index contributed by atoms with van der Waals surface area (Å²) in [4.78, 5) is 12.1. The Balaban J connectivity index is 3.00. The van der Waals surface area contributed by atoms with E-state index in [9.17, 15) is 4.79 Å². The van der Waals surface area contributed by atoms with Crippen molar-refractivity contribution in [3.8, 4) is 5.75 Å². The summed E-state index contributed by atoms with van der Waals surface area (Å²) in [5.41, 5.74) is 7.27. The van der Waals surface area contributed by atoms with E-state index in [1.807, 2.05) is 32.0 Å². The van der Waals surface area contributed by atoms with Crippen LogP contribution in [0.25, 0.3) is 0 Å². The smallest absolute Gasteiger partial charge is 0.167 e. The van der Waals surface area contributed by atoms with Gasteiger partial charge in [0, 0.05) is 18.0 Å². The number of ether oxygens (including phenoxy) is 1. The summed E-state index contributed by atoms with van der Waals surface area (Å²) in [6.07, 6.45) is 0.779. The highest BCUT2D eigenvalue weighted by atomic mass is 16.5. The first kappa shape index (κ1) is 12.7. The van der Waals surface area contributed by atoms with Gasteiger partial charge in [-0.25, -0.2) is 0 Å². The summed E-state index contributed by atoms with van der Waals surface area (Å²) >= 11 is 0. The lowest BCUT2D eigenvalue weighted by atomic mass is 9.92. The van der Waals surface area contributed by atoms with E-state index in [0.29, 0.717) is 6.54 Å². The van der Waals surface area contributed by atoms with Crippen LogP contribution in [0.4, 0.5) is 0 Å². The Morgan fingerprint density at radius 1 is 1.50 bits per heavy atom. The first-order valence-corrected chi connectivity index (χ1v) is 5.53. The first-order valence-electron chi connectivity index (χ1n) is 5.53. The largest absolute Gasteiger partial charge is 0.497 e. The molecule has 88 valence electrons. The van der Waals surface area contributed by atoms with Crippen LogP contribution in [0.1, 0.15) is 29.3 Å². The molecule has 0 aliphatic heterocycles. The standard InChI is InChI=1S/C13H19NO2/c1-4-10(8-14)13(15)12-6-5-11(16-3)7-9(12)2/h5-7,10H,4,8,14H2,1-3H3. The Morgan fingerprint density at radius 3 is 2.62 bits per heavy atom. The zero-order valence-electron chi connectivity index (χ0n) is 10.1. The van der Waals surface area contributed by atoms with Crippen LogP contribution >= 0.6 is 0 Å². The fraction of sp³-hybridized carbons (Fsp3) is 0.462. The van der Waals surface area contributed by atoms with E-state index >= 15 is 0 Å². The molecule has 0 saturated carbocycles. The lowest BCUT2D eigenvalue weighted by Gasteiger charge is -2.13. The van der Waals surface area contributed by atoms with Crippen molar-refractivity contribution in [2.45, 2.75) is 20.3 Å². The predicted molar refractivity (Wildman–Crippen MR) is 64.9 cm³/mol. The van der Waals surface area contributed by atoms with Gasteiger partial charge in [-0.2, -0.15) is 0 Å². The summed E-state index contributed by atoms with van der Waals surface area (Å²) in [6.45, 7) is 4.30. The molecule has 0 spiro atoms. The maximum Gasteiger partial charge on any atom is 0.167 e. The molecular formula is C13H19NO2. The highest BCUT2D eigenvalue weighted by Gasteiger charge is 2.18. The number of benzene rings is 1. The summed E-state index contributed by atoms with van der Waals surface area (Å²) in [5, 5.41) is 0. The maximum absolute atomic E-state index is 12.1. The van der Waals surface area contributed by atoms with Gasteiger partial charge < -0.3 is 10.5 Å². The number of hydrogen-bond acceptors (Lipinski definition) is 3. The highest BCUT2D eigenvalue weighted by Crippen LogP contribution is 2.20. The number of hydrogen-bond donors (Lipinski definition) is 1.